The van der Waals surface area contributed by atoms with Crippen molar-refractivity contribution in [1.29, 1.82) is 0 Å². The second-order valence-corrected chi connectivity index (χ2v) is 6.30. The highest BCUT2D eigenvalue weighted by atomic mass is 15.3. The van der Waals surface area contributed by atoms with Gasteiger partial charge in [0.25, 0.3) is 0 Å². The molecule has 1 N–H and O–H groups in total. The van der Waals surface area contributed by atoms with Crippen molar-refractivity contribution in [2.75, 3.05) is 5.32 Å². The van der Waals surface area contributed by atoms with Crippen molar-refractivity contribution in [3.05, 3.63) is 31.0 Å². The average Bonchev–Trinajstić information content (AvgIpc) is 2.96. The highest BCUT2D eigenvalue weighted by molar-refractivity contribution is 5.56. The quantitative estimate of drug-likeness (QED) is 0.932. The lowest BCUT2D eigenvalue weighted by atomic mass is 9.75. The van der Waals surface area contributed by atoms with Gasteiger partial charge < -0.3 is 5.32 Å². The monoisotopic (exact) mass is 271 g/mol. The normalized spacial score (nSPS) is 18.9. The van der Waals surface area contributed by atoms with Gasteiger partial charge in [-0.1, -0.05) is 13.8 Å². The van der Waals surface area contributed by atoms with Gasteiger partial charge in [-0.3, -0.25) is 0 Å². The van der Waals surface area contributed by atoms with E-state index in [1.54, 1.807) is 17.2 Å². The first-order valence-corrected chi connectivity index (χ1v) is 7.21. The molecule has 0 atom stereocenters. The number of aromatic nitrogens is 4. The van der Waals surface area contributed by atoms with Gasteiger partial charge in [-0.25, -0.2) is 14.6 Å². The number of hydrogen-bond donors (Lipinski definition) is 1. The summed E-state index contributed by atoms with van der Waals surface area (Å²) < 4.78 is 1.70. The zero-order chi connectivity index (χ0) is 14.0. The maximum Gasteiger partial charge on any atom is 0.178 e. The lowest BCUT2D eigenvalue weighted by Gasteiger charge is -2.35. The van der Waals surface area contributed by atoms with Crippen LogP contribution in [0.25, 0.3) is 5.82 Å². The van der Waals surface area contributed by atoms with Crippen molar-refractivity contribution in [2.45, 2.75) is 45.6 Å². The summed E-state index contributed by atoms with van der Waals surface area (Å²) >= 11 is 0. The van der Waals surface area contributed by atoms with E-state index in [1.165, 1.54) is 32.0 Å². The smallest absolute Gasteiger partial charge is 0.178 e. The lowest BCUT2D eigenvalue weighted by Crippen LogP contribution is -2.30. The van der Waals surface area contributed by atoms with Crippen LogP contribution >= 0.6 is 0 Å². The molecular formula is C15H21N5. The Morgan fingerprint density at radius 1 is 1.30 bits per heavy atom. The van der Waals surface area contributed by atoms with E-state index in [1.807, 2.05) is 6.07 Å². The molecule has 2 heterocycles. The van der Waals surface area contributed by atoms with Crippen LogP contribution in [-0.2, 0) is 0 Å². The molecule has 0 spiro atoms. The Labute approximate surface area is 119 Å². The van der Waals surface area contributed by atoms with Gasteiger partial charge in [-0.15, -0.1) is 0 Å². The molecule has 0 bridgehead atoms. The van der Waals surface area contributed by atoms with Gasteiger partial charge in [0.2, 0.25) is 0 Å². The lowest BCUT2D eigenvalue weighted by molar-refractivity contribution is 0.232. The molecular weight excluding hydrogens is 250 g/mol. The topological polar surface area (TPSA) is 55.6 Å². The van der Waals surface area contributed by atoms with Crippen LogP contribution in [0.3, 0.4) is 0 Å². The van der Waals surface area contributed by atoms with Gasteiger partial charge in [-0.05, 0) is 43.2 Å². The van der Waals surface area contributed by atoms with Gasteiger partial charge in [0.15, 0.2) is 5.82 Å². The summed E-state index contributed by atoms with van der Waals surface area (Å²) in [5, 5.41) is 7.79. The maximum absolute atomic E-state index is 4.41. The van der Waals surface area contributed by atoms with Crippen molar-refractivity contribution in [3.8, 4) is 5.82 Å². The number of pyridine rings is 1. The molecule has 3 rings (SSSR count). The fraction of sp³-hybridized carbons (Fsp3) is 0.533. The average molecular weight is 271 g/mol. The first kappa shape index (κ1) is 13.1. The van der Waals surface area contributed by atoms with Gasteiger partial charge in [0.05, 0.1) is 5.69 Å². The summed E-state index contributed by atoms with van der Waals surface area (Å²) in [5.41, 5.74) is 1.52. The summed E-state index contributed by atoms with van der Waals surface area (Å²) in [4.78, 5) is 8.40. The predicted octanol–water partition coefficient (Wildman–Crippen LogP) is 3.04. The van der Waals surface area contributed by atoms with Crippen LogP contribution in [0.4, 0.5) is 5.69 Å². The molecule has 0 aromatic carbocycles. The molecule has 1 saturated carbocycles. The summed E-state index contributed by atoms with van der Waals surface area (Å²) in [6.07, 6.45) is 9.94. The van der Waals surface area contributed by atoms with Crippen molar-refractivity contribution >= 4 is 5.69 Å². The van der Waals surface area contributed by atoms with E-state index in [4.69, 9.17) is 0 Å². The molecule has 0 radical (unpaired) electrons. The molecule has 0 aliphatic heterocycles. The van der Waals surface area contributed by atoms with Crippen LogP contribution in [0.2, 0.25) is 0 Å². The van der Waals surface area contributed by atoms with Crippen molar-refractivity contribution in [1.82, 2.24) is 19.7 Å². The molecule has 0 unspecified atom stereocenters. The maximum atomic E-state index is 4.41. The fourth-order valence-electron chi connectivity index (χ4n) is 2.77. The summed E-state index contributed by atoms with van der Waals surface area (Å²) in [5.74, 6) is 0.815. The molecule has 5 heteroatoms. The van der Waals surface area contributed by atoms with Gasteiger partial charge in [0.1, 0.15) is 12.7 Å². The van der Waals surface area contributed by atoms with E-state index in [9.17, 15) is 0 Å². The highest BCUT2D eigenvalue weighted by Crippen LogP contribution is 2.36. The van der Waals surface area contributed by atoms with Crippen LogP contribution < -0.4 is 5.32 Å². The Kier molecular flexibility index (Phi) is 3.42. The minimum absolute atomic E-state index is 0.488. The zero-order valence-corrected chi connectivity index (χ0v) is 12.1. The molecule has 2 aromatic rings. The molecule has 1 aliphatic carbocycles. The number of rotatable bonds is 3. The Bertz CT molecular complexity index is 551. The fourth-order valence-corrected chi connectivity index (χ4v) is 2.77. The van der Waals surface area contributed by atoms with Crippen molar-refractivity contribution in [2.24, 2.45) is 5.41 Å². The summed E-state index contributed by atoms with van der Waals surface area (Å²) in [7, 11) is 0. The third-order valence-electron chi connectivity index (χ3n) is 4.12. The van der Waals surface area contributed by atoms with Crippen LogP contribution in [0.15, 0.2) is 31.0 Å². The molecule has 1 aliphatic rings. The third-order valence-corrected chi connectivity index (χ3v) is 4.12. The molecule has 5 nitrogen and oxygen atoms in total. The van der Waals surface area contributed by atoms with Crippen molar-refractivity contribution < 1.29 is 0 Å². The Morgan fingerprint density at radius 3 is 2.80 bits per heavy atom. The highest BCUT2D eigenvalue weighted by Gasteiger charge is 2.27. The van der Waals surface area contributed by atoms with Gasteiger partial charge in [0, 0.05) is 12.2 Å². The van der Waals surface area contributed by atoms with Crippen LogP contribution in [0, 0.1) is 5.41 Å². The minimum atomic E-state index is 0.488. The summed E-state index contributed by atoms with van der Waals surface area (Å²) in [6.45, 7) is 4.71. The van der Waals surface area contributed by atoms with E-state index >= 15 is 0 Å². The number of anilines is 1. The molecule has 2 aromatic heterocycles. The predicted molar refractivity (Wildman–Crippen MR) is 78.8 cm³/mol. The molecule has 0 amide bonds. The van der Waals surface area contributed by atoms with E-state index in [0.717, 1.165) is 11.5 Å². The van der Waals surface area contributed by atoms with Crippen molar-refractivity contribution in [3.63, 3.8) is 0 Å². The van der Waals surface area contributed by atoms with Gasteiger partial charge >= 0.3 is 0 Å². The Balaban J connectivity index is 1.75. The Hall–Kier alpha value is -1.91. The standard InChI is InChI=1S/C15H21N5/c1-15(2)7-5-12(6-8-15)19-13-4-3-9-17-14(13)20-11-16-10-18-20/h3-4,9-12,19H,5-8H2,1-2H3. The van der Waals surface area contributed by atoms with Gasteiger partial charge in [-0.2, -0.15) is 5.10 Å². The van der Waals surface area contributed by atoms with E-state index < -0.39 is 0 Å². The second kappa shape index (κ2) is 5.23. The first-order valence-electron chi connectivity index (χ1n) is 7.21. The second-order valence-electron chi connectivity index (χ2n) is 6.30. The van der Waals surface area contributed by atoms with Crippen LogP contribution in [0.1, 0.15) is 39.5 Å². The van der Waals surface area contributed by atoms with Crippen LogP contribution in [0.5, 0.6) is 0 Å². The van der Waals surface area contributed by atoms with E-state index in [-0.39, 0.29) is 0 Å². The largest absolute Gasteiger partial charge is 0.379 e. The Morgan fingerprint density at radius 2 is 2.10 bits per heavy atom. The number of nitrogens with one attached hydrogen (secondary N) is 1. The SMILES string of the molecule is CC1(C)CCC(Nc2cccnc2-n2cncn2)CC1. The third kappa shape index (κ3) is 2.81. The summed E-state index contributed by atoms with van der Waals surface area (Å²) in [6, 6.07) is 4.54. The zero-order valence-electron chi connectivity index (χ0n) is 12.1. The van der Waals surface area contributed by atoms with E-state index in [2.05, 4.69) is 40.3 Å². The minimum Gasteiger partial charge on any atom is -0.379 e. The first-order chi connectivity index (χ1) is 9.64. The number of nitrogens with zero attached hydrogens (tertiary/aromatic N) is 4. The number of hydrogen-bond acceptors (Lipinski definition) is 4. The van der Waals surface area contributed by atoms with E-state index in [0.29, 0.717) is 11.5 Å². The molecule has 0 saturated heterocycles. The molecule has 106 valence electrons. The molecule has 20 heavy (non-hydrogen) atoms. The molecule has 1 fully saturated rings. The van der Waals surface area contributed by atoms with Crippen LogP contribution in [-0.4, -0.2) is 25.8 Å².